The van der Waals surface area contributed by atoms with Crippen LogP contribution in [0.5, 0.6) is 0 Å². The van der Waals surface area contributed by atoms with Crippen molar-refractivity contribution in [2.24, 2.45) is 5.92 Å². The van der Waals surface area contributed by atoms with E-state index in [9.17, 15) is 0 Å². The highest BCUT2D eigenvalue weighted by molar-refractivity contribution is 4.92. The molecule has 2 aliphatic heterocycles. The summed E-state index contributed by atoms with van der Waals surface area (Å²) in [7, 11) is 0. The lowest BCUT2D eigenvalue weighted by Crippen LogP contribution is -2.48. The number of fused-ring (bicyclic) bond motifs is 1. The third-order valence-electron chi connectivity index (χ3n) is 3.44. The minimum Gasteiger partial charge on any atom is -0.315 e. The van der Waals surface area contributed by atoms with Crippen molar-refractivity contribution in [3.63, 3.8) is 0 Å². The Morgan fingerprint density at radius 1 is 1.33 bits per heavy atom. The van der Waals surface area contributed by atoms with E-state index in [1.54, 1.807) is 0 Å². The van der Waals surface area contributed by atoms with E-state index in [4.69, 9.17) is 0 Å². The minimum atomic E-state index is 0.736. The number of nitrogens with one attached hydrogen (secondary N) is 1. The lowest BCUT2D eigenvalue weighted by molar-refractivity contribution is 0.159. The predicted octanol–water partition coefficient (Wildman–Crippen LogP) is 1.08. The molecule has 12 heavy (non-hydrogen) atoms. The van der Waals surface area contributed by atoms with E-state index in [1.165, 1.54) is 32.5 Å². The maximum Gasteiger partial charge on any atom is 0.0252 e. The number of likely N-dealkylation sites (tertiary alicyclic amines) is 1. The van der Waals surface area contributed by atoms with E-state index >= 15 is 0 Å². The van der Waals surface area contributed by atoms with Crippen LogP contribution in [-0.4, -0.2) is 36.6 Å². The van der Waals surface area contributed by atoms with Crippen LogP contribution in [-0.2, 0) is 0 Å². The molecule has 0 aromatic heterocycles. The van der Waals surface area contributed by atoms with Gasteiger partial charge in [0.1, 0.15) is 0 Å². The summed E-state index contributed by atoms with van der Waals surface area (Å²) < 4.78 is 0. The Morgan fingerprint density at radius 2 is 2.17 bits per heavy atom. The highest BCUT2D eigenvalue weighted by atomic mass is 15.2. The van der Waals surface area contributed by atoms with Gasteiger partial charge in [-0.15, -0.1) is 0 Å². The fourth-order valence-corrected chi connectivity index (χ4v) is 2.74. The van der Waals surface area contributed by atoms with Gasteiger partial charge in [-0.1, -0.05) is 0 Å². The molecule has 1 N–H and O–H groups in total. The molecule has 0 bridgehead atoms. The molecule has 0 amide bonds. The Morgan fingerprint density at radius 3 is 2.92 bits per heavy atom. The van der Waals surface area contributed by atoms with Crippen molar-refractivity contribution in [2.75, 3.05) is 19.6 Å². The molecular weight excluding hydrogens is 148 g/mol. The molecular formula is C10H20N2. The predicted molar refractivity (Wildman–Crippen MR) is 51.2 cm³/mol. The van der Waals surface area contributed by atoms with E-state index in [1.807, 2.05) is 0 Å². The molecule has 0 aromatic carbocycles. The van der Waals surface area contributed by atoms with E-state index in [2.05, 4.69) is 24.1 Å². The summed E-state index contributed by atoms with van der Waals surface area (Å²) in [6.07, 6.45) is 2.83. The second kappa shape index (κ2) is 3.35. The third-order valence-corrected chi connectivity index (χ3v) is 3.44. The van der Waals surface area contributed by atoms with Crippen LogP contribution < -0.4 is 5.32 Å². The number of hydrogen-bond acceptors (Lipinski definition) is 2. The van der Waals surface area contributed by atoms with Gasteiger partial charge in [-0.05, 0) is 45.7 Å². The van der Waals surface area contributed by atoms with Gasteiger partial charge in [0, 0.05) is 18.6 Å². The fraction of sp³-hybridized carbons (Fsp3) is 1.00. The second-order valence-electron chi connectivity index (χ2n) is 4.44. The highest BCUT2D eigenvalue weighted by Gasteiger charge is 2.36. The number of piperidine rings is 1. The molecule has 0 aliphatic carbocycles. The highest BCUT2D eigenvalue weighted by Crippen LogP contribution is 2.29. The lowest BCUT2D eigenvalue weighted by Gasteiger charge is -2.34. The number of rotatable bonds is 1. The standard InChI is InChI=1S/C10H20N2/c1-8(2)12-6-4-9-3-5-11-7-10(9)12/h8-11H,3-7H2,1-2H3. The molecule has 2 heterocycles. The fourth-order valence-electron chi connectivity index (χ4n) is 2.74. The third kappa shape index (κ3) is 1.38. The van der Waals surface area contributed by atoms with Crippen molar-refractivity contribution in [3.05, 3.63) is 0 Å². The van der Waals surface area contributed by atoms with Crippen molar-refractivity contribution in [1.29, 1.82) is 0 Å². The van der Waals surface area contributed by atoms with E-state index in [0.29, 0.717) is 0 Å². The smallest absolute Gasteiger partial charge is 0.0252 e. The zero-order chi connectivity index (χ0) is 8.55. The summed E-state index contributed by atoms with van der Waals surface area (Å²) in [5, 5.41) is 3.50. The van der Waals surface area contributed by atoms with E-state index < -0.39 is 0 Å². The quantitative estimate of drug-likeness (QED) is 0.630. The Bertz CT molecular complexity index is 156. The Kier molecular flexibility index (Phi) is 2.37. The van der Waals surface area contributed by atoms with Gasteiger partial charge in [-0.2, -0.15) is 0 Å². The van der Waals surface area contributed by atoms with Crippen LogP contribution in [0.3, 0.4) is 0 Å². The molecule has 0 spiro atoms. The maximum absolute atomic E-state index is 3.50. The van der Waals surface area contributed by atoms with Crippen LogP contribution in [0.25, 0.3) is 0 Å². The van der Waals surface area contributed by atoms with Gasteiger partial charge >= 0.3 is 0 Å². The van der Waals surface area contributed by atoms with Crippen molar-refractivity contribution in [1.82, 2.24) is 10.2 Å². The first-order valence-corrected chi connectivity index (χ1v) is 5.25. The molecule has 2 unspecified atom stereocenters. The zero-order valence-electron chi connectivity index (χ0n) is 8.21. The molecule has 0 aromatic rings. The van der Waals surface area contributed by atoms with E-state index in [0.717, 1.165) is 18.0 Å². The largest absolute Gasteiger partial charge is 0.315 e. The van der Waals surface area contributed by atoms with Gasteiger partial charge in [-0.3, -0.25) is 4.90 Å². The summed E-state index contributed by atoms with van der Waals surface area (Å²) in [5.41, 5.74) is 0. The maximum atomic E-state index is 3.50. The second-order valence-corrected chi connectivity index (χ2v) is 4.44. The Labute approximate surface area is 75.3 Å². The first-order chi connectivity index (χ1) is 5.79. The molecule has 2 nitrogen and oxygen atoms in total. The van der Waals surface area contributed by atoms with Crippen molar-refractivity contribution >= 4 is 0 Å². The molecule has 2 rings (SSSR count). The SMILES string of the molecule is CC(C)N1CCC2CCNCC21. The molecule has 0 radical (unpaired) electrons. The summed E-state index contributed by atoms with van der Waals surface area (Å²) in [5.74, 6) is 0.994. The summed E-state index contributed by atoms with van der Waals surface area (Å²) in [6, 6.07) is 1.58. The lowest BCUT2D eigenvalue weighted by atomic mass is 9.93. The van der Waals surface area contributed by atoms with Crippen LogP contribution >= 0.6 is 0 Å². The van der Waals surface area contributed by atoms with Crippen molar-refractivity contribution in [2.45, 2.75) is 38.8 Å². The number of nitrogens with zero attached hydrogens (tertiary/aromatic N) is 1. The molecule has 70 valence electrons. The first kappa shape index (κ1) is 8.52. The van der Waals surface area contributed by atoms with Crippen molar-refractivity contribution in [3.8, 4) is 0 Å². The molecule has 0 saturated carbocycles. The van der Waals surface area contributed by atoms with Gasteiger partial charge in [0.15, 0.2) is 0 Å². The Balaban J connectivity index is 2.01. The minimum absolute atomic E-state index is 0.736. The zero-order valence-corrected chi connectivity index (χ0v) is 8.21. The number of hydrogen-bond donors (Lipinski definition) is 1. The van der Waals surface area contributed by atoms with Gasteiger partial charge in [0.05, 0.1) is 0 Å². The average Bonchev–Trinajstić information content (AvgIpc) is 2.47. The summed E-state index contributed by atoms with van der Waals surface area (Å²) >= 11 is 0. The van der Waals surface area contributed by atoms with Crippen LogP contribution in [0.4, 0.5) is 0 Å². The van der Waals surface area contributed by atoms with E-state index in [-0.39, 0.29) is 0 Å². The summed E-state index contributed by atoms with van der Waals surface area (Å²) in [4.78, 5) is 2.66. The van der Waals surface area contributed by atoms with Gasteiger partial charge in [0.25, 0.3) is 0 Å². The topological polar surface area (TPSA) is 15.3 Å². The molecule has 2 fully saturated rings. The normalized spacial score (nSPS) is 37.2. The van der Waals surface area contributed by atoms with Crippen molar-refractivity contribution < 1.29 is 0 Å². The summed E-state index contributed by atoms with van der Waals surface area (Å²) in [6.45, 7) is 8.43. The van der Waals surface area contributed by atoms with Gasteiger partial charge < -0.3 is 5.32 Å². The molecule has 2 saturated heterocycles. The van der Waals surface area contributed by atoms with Crippen LogP contribution in [0, 0.1) is 5.92 Å². The monoisotopic (exact) mass is 168 g/mol. The van der Waals surface area contributed by atoms with Crippen LogP contribution in [0.1, 0.15) is 26.7 Å². The van der Waals surface area contributed by atoms with Gasteiger partial charge in [-0.25, -0.2) is 0 Å². The first-order valence-electron chi connectivity index (χ1n) is 5.25. The molecule has 2 atom stereocenters. The van der Waals surface area contributed by atoms with Gasteiger partial charge in [0.2, 0.25) is 0 Å². The van der Waals surface area contributed by atoms with Crippen LogP contribution in [0.2, 0.25) is 0 Å². The van der Waals surface area contributed by atoms with Crippen LogP contribution in [0.15, 0.2) is 0 Å². The average molecular weight is 168 g/mol. The molecule has 2 heteroatoms. The Hall–Kier alpha value is -0.0800. The molecule has 2 aliphatic rings.